The fraction of sp³-hybridized carbons (Fsp3) is 0.472. The van der Waals surface area contributed by atoms with E-state index in [2.05, 4.69) is 41.3 Å². The Hall–Kier alpha value is -3.99. The average Bonchev–Trinajstić information content (AvgIpc) is 3.06. The maximum atomic E-state index is 14.3. The largest absolute Gasteiger partial charge is 0.497 e. The number of carbonyl (C=O) groups is 2. The van der Waals surface area contributed by atoms with Gasteiger partial charge in [-0.25, -0.2) is 0 Å². The van der Waals surface area contributed by atoms with Crippen molar-refractivity contribution >= 4 is 17.5 Å². The van der Waals surface area contributed by atoms with Crippen molar-refractivity contribution in [1.29, 1.82) is 0 Å². The summed E-state index contributed by atoms with van der Waals surface area (Å²) in [6, 6.07) is 16.0. The Kier molecular flexibility index (Phi) is 12.9. The maximum Gasteiger partial charge on any atom is 0.258 e. The topological polar surface area (TPSA) is 113 Å². The molecule has 0 saturated heterocycles. The summed E-state index contributed by atoms with van der Waals surface area (Å²) >= 11 is 0. The van der Waals surface area contributed by atoms with E-state index in [0.29, 0.717) is 42.3 Å². The van der Waals surface area contributed by atoms with Crippen LogP contribution >= 0.6 is 0 Å². The summed E-state index contributed by atoms with van der Waals surface area (Å²) in [7, 11) is 3.73. The number of anilines is 1. The predicted molar refractivity (Wildman–Crippen MR) is 178 cm³/mol. The second-order valence-corrected chi connectivity index (χ2v) is 12.2. The predicted octanol–water partition coefficient (Wildman–Crippen LogP) is 5.27. The molecule has 0 spiro atoms. The molecule has 2 N–H and O–H groups in total. The number of pyridine rings is 1. The van der Waals surface area contributed by atoms with Crippen molar-refractivity contribution < 1.29 is 28.9 Å². The molecule has 4 rings (SSSR count). The third kappa shape index (κ3) is 9.75. The normalized spacial score (nSPS) is 20.3. The van der Waals surface area contributed by atoms with E-state index >= 15 is 0 Å². The number of likely N-dealkylation sites (N-methyl/N-ethyl adjacent to an activating group) is 1. The van der Waals surface area contributed by atoms with Crippen LogP contribution in [0.1, 0.15) is 66.3 Å². The number of ether oxygens (including phenoxy) is 3. The number of aliphatic hydroxyl groups excluding tert-OH is 1. The number of rotatable bonds is 9. The van der Waals surface area contributed by atoms with Gasteiger partial charge >= 0.3 is 0 Å². The van der Waals surface area contributed by atoms with Gasteiger partial charge in [-0.3, -0.25) is 19.5 Å². The van der Waals surface area contributed by atoms with E-state index < -0.39 is 6.04 Å². The maximum absolute atomic E-state index is 14.3. The number of carbonyl (C=O) groups excluding carboxylic acids is 2. The molecular formula is C36H48N4O6. The summed E-state index contributed by atoms with van der Waals surface area (Å²) in [5.74, 6) is 0.640. The fourth-order valence-electron chi connectivity index (χ4n) is 5.58. The second kappa shape index (κ2) is 17.1. The molecule has 4 atom stereocenters. The zero-order valence-corrected chi connectivity index (χ0v) is 27.6. The lowest BCUT2D eigenvalue weighted by molar-refractivity contribution is -0.0177. The molecule has 10 nitrogen and oxygen atoms in total. The van der Waals surface area contributed by atoms with Crippen molar-refractivity contribution in [2.75, 3.05) is 45.8 Å². The number of fused-ring (bicyclic) bond motifs is 1. The van der Waals surface area contributed by atoms with Crippen LogP contribution in [0.3, 0.4) is 0 Å². The number of amides is 2. The van der Waals surface area contributed by atoms with Crippen molar-refractivity contribution in [2.24, 2.45) is 5.92 Å². The summed E-state index contributed by atoms with van der Waals surface area (Å²) in [6.45, 7) is 8.10. The van der Waals surface area contributed by atoms with Crippen LogP contribution in [0.4, 0.5) is 5.69 Å². The van der Waals surface area contributed by atoms with Gasteiger partial charge in [0.05, 0.1) is 37.5 Å². The van der Waals surface area contributed by atoms with Gasteiger partial charge in [-0.1, -0.05) is 19.1 Å². The Morgan fingerprint density at radius 3 is 2.57 bits per heavy atom. The summed E-state index contributed by atoms with van der Waals surface area (Å²) in [5.41, 5.74) is 2.42. The molecule has 0 unspecified atom stereocenters. The summed E-state index contributed by atoms with van der Waals surface area (Å²) in [6.07, 6.45) is 5.43. The van der Waals surface area contributed by atoms with E-state index in [0.717, 1.165) is 31.6 Å². The zero-order chi connectivity index (χ0) is 33.1. The molecule has 0 radical (unpaired) electrons. The van der Waals surface area contributed by atoms with E-state index in [1.54, 1.807) is 54.7 Å². The number of aliphatic hydroxyl groups is 1. The SMILES string of the molecule is COc1ccc(CN(C)C[C@H]2OCCCC[C@@H](C)Oc3ccc(NC(=O)c4ccncc4)cc3C(=O)N([C@@H](C)CO)C[C@H]2C)cc1. The zero-order valence-electron chi connectivity index (χ0n) is 27.6. The van der Waals surface area contributed by atoms with Crippen LogP contribution in [-0.2, 0) is 11.3 Å². The third-order valence-electron chi connectivity index (χ3n) is 8.36. The minimum atomic E-state index is -0.458. The standard InChI is InChI=1S/C36H48N4O6/c1-25-21-40(26(2)24-41)36(43)32-20-30(38-35(42)29-15-17-37-18-16-29)11-14-33(32)46-27(3)8-6-7-19-45-34(25)23-39(4)22-28-9-12-31(44-5)13-10-28/h9-18,20,25-27,34,41H,6-8,19,21-24H2,1-5H3,(H,38,42)/t25-,26+,27-,34-/m1/s1. The highest BCUT2D eigenvalue weighted by atomic mass is 16.5. The number of aromatic nitrogens is 1. The fourth-order valence-corrected chi connectivity index (χ4v) is 5.58. The number of hydrogen-bond donors (Lipinski definition) is 2. The summed E-state index contributed by atoms with van der Waals surface area (Å²) in [5, 5.41) is 13.1. The monoisotopic (exact) mass is 632 g/mol. The van der Waals surface area contributed by atoms with Gasteiger partial charge in [-0.15, -0.1) is 0 Å². The Labute approximate surface area is 272 Å². The van der Waals surface area contributed by atoms with Gasteiger partial charge in [-0.05, 0) is 88.2 Å². The first-order valence-electron chi connectivity index (χ1n) is 16.1. The highest BCUT2D eigenvalue weighted by Crippen LogP contribution is 2.29. The molecule has 3 aromatic rings. The number of nitrogens with zero attached hydrogens (tertiary/aromatic N) is 3. The molecule has 46 heavy (non-hydrogen) atoms. The molecule has 10 heteroatoms. The van der Waals surface area contributed by atoms with Gasteiger partial charge < -0.3 is 29.5 Å². The second-order valence-electron chi connectivity index (χ2n) is 12.2. The number of methoxy groups -OCH3 is 1. The van der Waals surface area contributed by atoms with Crippen LogP contribution in [-0.4, -0.2) is 90.4 Å². The van der Waals surface area contributed by atoms with E-state index in [1.807, 2.05) is 26.0 Å². The molecule has 1 aliphatic rings. The first kappa shape index (κ1) is 34.9. The molecule has 2 amide bonds. The Morgan fingerprint density at radius 2 is 1.87 bits per heavy atom. The Balaban J connectivity index is 1.59. The Morgan fingerprint density at radius 1 is 1.13 bits per heavy atom. The van der Waals surface area contributed by atoms with Crippen LogP contribution in [0.2, 0.25) is 0 Å². The quantitative estimate of drug-likeness (QED) is 0.328. The first-order valence-corrected chi connectivity index (χ1v) is 16.1. The van der Waals surface area contributed by atoms with Crippen molar-refractivity contribution in [1.82, 2.24) is 14.8 Å². The highest BCUT2D eigenvalue weighted by molar-refractivity contribution is 6.05. The Bertz CT molecular complexity index is 1400. The molecule has 2 heterocycles. The lowest BCUT2D eigenvalue weighted by atomic mass is 10.0. The molecular weight excluding hydrogens is 584 g/mol. The van der Waals surface area contributed by atoms with Crippen LogP contribution in [0.5, 0.6) is 11.5 Å². The number of nitrogens with one attached hydrogen (secondary N) is 1. The molecule has 2 aromatic carbocycles. The number of benzene rings is 2. The van der Waals surface area contributed by atoms with Crippen LogP contribution in [0.15, 0.2) is 67.0 Å². The summed E-state index contributed by atoms with van der Waals surface area (Å²) < 4.78 is 18.1. The van der Waals surface area contributed by atoms with Crippen molar-refractivity contribution in [2.45, 2.75) is 64.8 Å². The van der Waals surface area contributed by atoms with Crippen molar-refractivity contribution in [3.63, 3.8) is 0 Å². The van der Waals surface area contributed by atoms with Gasteiger partial charge in [-0.2, -0.15) is 0 Å². The lowest BCUT2D eigenvalue weighted by Crippen LogP contribution is -2.47. The van der Waals surface area contributed by atoms with E-state index in [-0.39, 0.29) is 36.5 Å². The van der Waals surface area contributed by atoms with Crippen molar-refractivity contribution in [3.8, 4) is 11.5 Å². The molecule has 0 fully saturated rings. The van der Waals surface area contributed by atoms with Crippen LogP contribution < -0.4 is 14.8 Å². The highest BCUT2D eigenvalue weighted by Gasteiger charge is 2.30. The van der Waals surface area contributed by atoms with E-state index in [4.69, 9.17) is 14.2 Å². The third-order valence-corrected chi connectivity index (χ3v) is 8.36. The molecule has 0 saturated carbocycles. The summed E-state index contributed by atoms with van der Waals surface area (Å²) in [4.78, 5) is 35.1. The van der Waals surface area contributed by atoms with Gasteiger partial charge in [0, 0.05) is 55.8 Å². The first-order chi connectivity index (χ1) is 22.2. The lowest BCUT2D eigenvalue weighted by Gasteiger charge is -2.36. The van der Waals surface area contributed by atoms with Gasteiger partial charge in [0.25, 0.3) is 11.8 Å². The molecule has 248 valence electrons. The van der Waals surface area contributed by atoms with E-state index in [1.165, 1.54) is 5.56 Å². The minimum Gasteiger partial charge on any atom is -0.497 e. The minimum absolute atomic E-state index is 0.0444. The number of hydrogen-bond acceptors (Lipinski definition) is 8. The van der Waals surface area contributed by atoms with Gasteiger partial charge in [0.15, 0.2) is 0 Å². The molecule has 1 aliphatic heterocycles. The molecule has 1 aromatic heterocycles. The average molecular weight is 633 g/mol. The van der Waals surface area contributed by atoms with Crippen LogP contribution in [0, 0.1) is 5.92 Å². The van der Waals surface area contributed by atoms with Gasteiger partial charge in [0.2, 0.25) is 0 Å². The van der Waals surface area contributed by atoms with E-state index in [9.17, 15) is 14.7 Å². The molecule has 0 aliphatic carbocycles. The van der Waals surface area contributed by atoms with Gasteiger partial charge in [0.1, 0.15) is 11.5 Å². The molecule has 0 bridgehead atoms. The van der Waals surface area contributed by atoms with Crippen molar-refractivity contribution in [3.05, 3.63) is 83.7 Å². The smallest absolute Gasteiger partial charge is 0.258 e. The van der Waals surface area contributed by atoms with Crippen LogP contribution in [0.25, 0.3) is 0 Å².